The van der Waals surface area contributed by atoms with Crippen molar-refractivity contribution >= 4 is 0 Å². The quantitative estimate of drug-likeness (QED) is 0.567. The highest BCUT2D eigenvalue weighted by atomic mass is 16.3. The van der Waals surface area contributed by atoms with E-state index in [-0.39, 0.29) is 11.5 Å². The summed E-state index contributed by atoms with van der Waals surface area (Å²) in [7, 11) is 0. The first-order valence-corrected chi connectivity index (χ1v) is 7.99. The van der Waals surface area contributed by atoms with Crippen LogP contribution in [0.1, 0.15) is 0 Å². The summed E-state index contributed by atoms with van der Waals surface area (Å²) in [6.07, 6.45) is 2.68. The van der Waals surface area contributed by atoms with Crippen molar-refractivity contribution in [3.63, 3.8) is 0 Å². The molecule has 5 nitrogen and oxygen atoms in total. The fourth-order valence-electron chi connectivity index (χ4n) is 2.35. The Morgan fingerprint density at radius 1 is 0.615 bits per heavy atom. The van der Waals surface area contributed by atoms with Crippen LogP contribution in [-0.2, 0) is 0 Å². The Balaban J connectivity index is 0.000000152. The zero-order chi connectivity index (χ0) is 18.2. The first-order valence-electron chi connectivity index (χ1n) is 7.99. The van der Waals surface area contributed by atoms with Gasteiger partial charge in [0.1, 0.15) is 24.2 Å². The summed E-state index contributed by atoms with van der Waals surface area (Å²) in [4.78, 5) is 11.4. The molecule has 2 N–H and O–H groups in total. The average Bonchev–Trinajstić information content (AvgIpc) is 2.71. The smallest absolute Gasteiger partial charge is 0.166 e. The molecule has 0 atom stereocenters. The van der Waals surface area contributed by atoms with Crippen LogP contribution >= 0.6 is 0 Å². The SMILES string of the molecule is Oc1ccc(-c2ncncn2)c(O)c1.c1ccc(-c2ccccc2)cc1. The molecule has 0 saturated carbocycles. The van der Waals surface area contributed by atoms with Crippen molar-refractivity contribution in [2.75, 3.05) is 0 Å². The highest BCUT2D eigenvalue weighted by molar-refractivity contribution is 5.64. The van der Waals surface area contributed by atoms with E-state index in [9.17, 15) is 5.11 Å². The number of aromatic nitrogens is 3. The molecule has 0 unspecified atom stereocenters. The van der Waals surface area contributed by atoms with Crippen molar-refractivity contribution in [3.8, 4) is 34.0 Å². The van der Waals surface area contributed by atoms with Gasteiger partial charge in [0.25, 0.3) is 0 Å². The van der Waals surface area contributed by atoms with Crippen LogP contribution in [0.15, 0.2) is 91.5 Å². The fourth-order valence-corrected chi connectivity index (χ4v) is 2.35. The molecule has 0 fully saturated rings. The molecular weight excluding hydrogens is 326 g/mol. The van der Waals surface area contributed by atoms with Gasteiger partial charge in [-0.15, -0.1) is 0 Å². The Kier molecular flexibility index (Phi) is 5.52. The lowest BCUT2D eigenvalue weighted by Gasteiger charge is -2.01. The van der Waals surface area contributed by atoms with E-state index in [4.69, 9.17) is 5.11 Å². The van der Waals surface area contributed by atoms with Gasteiger partial charge in [-0.3, -0.25) is 0 Å². The summed E-state index contributed by atoms with van der Waals surface area (Å²) in [5.74, 6) is 0.314. The van der Waals surface area contributed by atoms with E-state index in [0.29, 0.717) is 11.4 Å². The van der Waals surface area contributed by atoms with E-state index >= 15 is 0 Å². The second kappa shape index (κ2) is 8.39. The summed E-state index contributed by atoms with van der Waals surface area (Å²) >= 11 is 0. The molecule has 5 heteroatoms. The maximum Gasteiger partial charge on any atom is 0.166 e. The van der Waals surface area contributed by atoms with Gasteiger partial charge >= 0.3 is 0 Å². The van der Waals surface area contributed by atoms with Crippen LogP contribution in [0.2, 0.25) is 0 Å². The Morgan fingerprint density at radius 2 is 1.15 bits per heavy atom. The topological polar surface area (TPSA) is 79.1 Å². The molecule has 128 valence electrons. The molecule has 3 aromatic carbocycles. The Hall–Kier alpha value is -3.73. The second-order valence-corrected chi connectivity index (χ2v) is 5.40. The maximum atomic E-state index is 9.48. The Bertz CT molecular complexity index is 909. The molecule has 0 spiro atoms. The fraction of sp³-hybridized carbons (Fsp3) is 0. The number of hydrogen-bond acceptors (Lipinski definition) is 5. The van der Waals surface area contributed by atoms with Gasteiger partial charge in [-0.1, -0.05) is 60.7 Å². The van der Waals surface area contributed by atoms with Gasteiger partial charge in [0.15, 0.2) is 5.82 Å². The van der Waals surface area contributed by atoms with E-state index in [1.807, 2.05) is 12.1 Å². The lowest BCUT2D eigenvalue weighted by Crippen LogP contribution is -1.88. The van der Waals surface area contributed by atoms with Crippen molar-refractivity contribution < 1.29 is 10.2 Å². The molecule has 0 bridgehead atoms. The normalized spacial score (nSPS) is 9.85. The molecule has 0 aliphatic heterocycles. The van der Waals surface area contributed by atoms with Crippen LogP contribution in [0, 0.1) is 0 Å². The third-order valence-electron chi connectivity index (χ3n) is 3.60. The van der Waals surface area contributed by atoms with Gasteiger partial charge in [0.05, 0.1) is 5.56 Å². The molecule has 0 saturated heterocycles. The minimum atomic E-state index is -0.0591. The van der Waals surface area contributed by atoms with E-state index in [2.05, 4.69) is 63.5 Å². The van der Waals surface area contributed by atoms with E-state index < -0.39 is 0 Å². The van der Waals surface area contributed by atoms with Crippen molar-refractivity contribution in [3.05, 3.63) is 91.5 Å². The highest BCUT2D eigenvalue weighted by Gasteiger charge is 2.06. The number of rotatable bonds is 2. The van der Waals surface area contributed by atoms with Gasteiger partial charge < -0.3 is 10.2 Å². The molecule has 1 heterocycles. The molecule has 4 aromatic rings. The molecule has 0 aliphatic rings. The van der Waals surface area contributed by atoms with E-state index in [1.165, 1.54) is 35.9 Å². The Morgan fingerprint density at radius 3 is 1.65 bits per heavy atom. The lowest BCUT2D eigenvalue weighted by atomic mass is 10.1. The predicted octanol–water partition coefficient (Wildman–Crippen LogP) is 4.30. The van der Waals surface area contributed by atoms with Gasteiger partial charge in [0, 0.05) is 6.07 Å². The van der Waals surface area contributed by atoms with Crippen LogP contribution in [0.3, 0.4) is 0 Å². The summed E-state index contributed by atoms with van der Waals surface area (Å²) in [6, 6.07) is 25.0. The van der Waals surface area contributed by atoms with Crippen molar-refractivity contribution in [1.29, 1.82) is 0 Å². The summed E-state index contributed by atoms with van der Waals surface area (Å²) < 4.78 is 0. The van der Waals surface area contributed by atoms with Crippen LogP contribution in [0.5, 0.6) is 11.5 Å². The van der Waals surface area contributed by atoms with Gasteiger partial charge in [-0.05, 0) is 23.3 Å². The number of hydrogen-bond donors (Lipinski definition) is 2. The predicted molar refractivity (Wildman–Crippen MR) is 100 cm³/mol. The second-order valence-electron chi connectivity index (χ2n) is 5.40. The van der Waals surface area contributed by atoms with Crippen molar-refractivity contribution in [2.24, 2.45) is 0 Å². The lowest BCUT2D eigenvalue weighted by molar-refractivity contribution is 0.451. The van der Waals surface area contributed by atoms with E-state index in [0.717, 1.165) is 0 Å². The monoisotopic (exact) mass is 343 g/mol. The molecule has 0 amide bonds. The summed E-state index contributed by atoms with van der Waals surface area (Å²) in [6.45, 7) is 0. The minimum absolute atomic E-state index is 0.000283. The Labute approximate surface area is 151 Å². The largest absolute Gasteiger partial charge is 0.508 e. The summed E-state index contributed by atoms with van der Waals surface area (Å²) in [5, 5.41) is 18.6. The van der Waals surface area contributed by atoms with E-state index in [1.54, 1.807) is 6.07 Å². The van der Waals surface area contributed by atoms with Gasteiger partial charge in [0.2, 0.25) is 0 Å². The van der Waals surface area contributed by atoms with Gasteiger partial charge in [-0.25, -0.2) is 15.0 Å². The third kappa shape index (κ3) is 4.42. The number of phenols is 2. The zero-order valence-corrected chi connectivity index (χ0v) is 13.9. The first kappa shape index (κ1) is 17.1. The number of aromatic hydroxyl groups is 2. The number of nitrogens with zero attached hydrogens (tertiary/aromatic N) is 3. The van der Waals surface area contributed by atoms with Crippen LogP contribution < -0.4 is 0 Å². The third-order valence-corrected chi connectivity index (χ3v) is 3.60. The molecule has 0 radical (unpaired) electrons. The first-order chi connectivity index (χ1) is 12.7. The minimum Gasteiger partial charge on any atom is -0.508 e. The maximum absolute atomic E-state index is 9.48. The molecule has 26 heavy (non-hydrogen) atoms. The van der Waals surface area contributed by atoms with Crippen molar-refractivity contribution in [2.45, 2.75) is 0 Å². The molecule has 0 aliphatic carbocycles. The zero-order valence-electron chi connectivity index (χ0n) is 13.9. The van der Waals surface area contributed by atoms with Crippen LogP contribution in [0.4, 0.5) is 0 Å². The average molecular weight is 343 g/mol. The van der Waals surface area contributed by atoms with Crippen molar-refractivity contribution in [1.82, 2.24) is 15.0 Å². The summed E-state index contributed by atoms with van der Waals surface area (Å²) in [5.41, 5.74) is 3.02. The molecule has 4 rings (SSSR count). The number of benzene rings is 3. The van der Waals surface area contributed by atoms with Crippen LogP contribution in [0.25, 0.3) is 22.5 Å². The van der Waals surface area contributed by atoms with Gasteiger partial charge in [-0.2, -0.15) is 0 Å². The molecule has 1 aromatic heterocycles. The number of phenolic OH excluding ortho intramolecular Hbond substituents is 2. The van der Waals surface area contributed by atoms with Crippen LogP contribution in [-0.4, -0.2) is 25.2 Å². The highest BCUT2D eigenvalue weighted by Crippen LogP contribution is 2.28. The molecular formula is C21H17N3O2. The standard InChI is InChI=1S/C12H10.C9H7N3O2/c1-3-7-11(8-4-1)12-9-5-2-6-10-12;13-6-1-2-7(8(14)3-6)9-11-4-10-5-12-9/h1-10H;1-5,13-14H.